The molecule has 1 saturated heterocycles. The molecule has 2 heterocycles. The fourth-order valence-corrected chi connectivity index (χ4v) is 4.41. The van der Waals surface area contributed by atoms with Crippen LogP contribution < -0.4 is 20.1 Å². The van der Waals surface area contributed by atoms with E-state index in [4.69, 9.17) is 9.47 Å². The van der Waals surface area contributed by atoms with Gasteiger partial charge >= 0.3 is 0 Å². The Bertz CT molecular complexity index is 824. The van der Waals surface area contributed by atoms with E-state index in [1.54, 1.807) is 13.3 Å². The van der Waals surface area contributed by atoms with Crippen LogP contribution in [0, 0.1) is 11.3 Å². The maximum Gasteiger partial charge on any atom is 0.228 e. The molecule has 2 atom stereocenters. The van der Waals surface area contributed by atoms with Crippen molar-refractivity contribution < 1.29 is 14.3 Å². The molecule has 2 aliphatic rings. The summed E-state index contributed by atoms with van der Waals surface area (Å²) in [7, 11) is 1.62. The molecule has 6 nitrogen and oxygen atoms in total. The summed E-state index contributed by atoms with van der Waals surface area (Å²) in [5, 5.41) is 6.56. The van der Waals surface area contributed by atoms with E-state index in [1.165, 1.54) is 6.42 Å². The van der Waals surface area contributed by atoms with Crippen LogP contribution in [0.15, 0.2) is 42.6 Å². The van der Waals surface area contributed by atoms with Gasteiger partial charge in [-0.25, -0.2) is 4.98 Å². The first kappa shape index (κ1) is 18.7. The molecular formula is C22H27N3O3. The van der Waals surface area contributed by atoms with Gasteiger partial charge in [-0.3, -0.25) is 4.79 Å². The standard InChI is InChI=1S/C22H27N3O3/c1-27-18-6-4-7-19(11-18)28-20-9-8-16(12-24-20)13-25-21(26)22-10-3-2-5-17(22)14-23-15-22/h4,6-9,11-12,17,23H,2-3,5,10,13-15H2,1H3,(H,25,26)/t17-,22+/m0/s1. The molecule has 2 N–H and O–H groups in total. The lowest BCUT2D eigenvalue weighted by molar-refractivity contribution is -0.134. The number of nitrogens with one attached hydrogen (secondary N) is 2. The molecule has 1 aromatic heterocycles. The summed E-state index contributed by atoms with van der Waals surface area (Å²) in [6.07, 6.45) is 6.27. The molecule has 0 radical (unpaired) electrons. The molecule has 28 heavy (non-hydrogen) atoms. The van der Waals surface area contributed by atoms with Gasteiger partial charge in [0.05, 0.1) is 12.5 Å². The van der Waals surface area contributed by atoms with E-state index >= 15 is 0 Å². The lowest BCUT2D eigenvalue weighted by Gasteiger charge is -2.37. The van der Waals surface area contributed by atoms with Gasteiger partial charge < -0.3 is 20.1 Å². The van der Waals surface area contributed by atoms with Gasteiger partial charge in [-0.2, -0.15) is 0 Å². The number of hydrogen-bond donors (Lipinski definition) is 2. The predicted octanol–water partition coefficient (Wildman–Crippen LogP) is 3.28. The smallest absolute Gasteiger partial charge is 0.228 e. The summed E-state index contributed by atoms with van der Waals surface area (Å²) in [5.74, 6) is 2.56. The second-order valence-corrected chi connectivity index (χ2v) is 7.70. The number of pyridine rings is 1. The number of aromatic nitrogens is 1. The number of hydrogen-bond acceptors (Lipinski definition) is 5. The van der Waals surface area contributed by atoms with Crippen LogP contribution in [0.2, 0.25) is 0 Å². The van der Waals surface area contributed by atoms with Crippen molar-refractivity contribution in [1.29, 1.82) is 0 Å². The Morgan fingerprint density at radius 3 is 3.00 bits per heavy atom. The van der Waals surface area contributed by atoms with Gasteiger partial charge in [0, 0.05) is 31.4 Å². The molecule has 2 fully saturated rings. The van der Waals surface area contributed by atoms with Gasteiger partial charge in [0.15, 0.2) is 0 Å². The quantitative estimate of drug-likeness (QED) is 0.803. The van der Waals surface area contributed by atoms with E-state index in [9.17, 15) is 4.79 Å². The maximum absolute atomic E-state index is 12.9. The number of amides is 1. The number of fused-ring (bicyclic) bond motifs is 1. The van der Waals surface area contributed by atoms with E-state index in [2.05, 4.69) is 15.6 Å². The summed E-state index contributed by atoms with van der Waals surface area (Å²) in [4.78, 5) is 17.3. The lowest BCUT2D eigenvalue weighted by Crippen LogP contribution is -2.47. The number of carbonyl (C=O) groups is 1. The second kappa shape index (κ2) is 8.19. The second-order valence-electron chi connectivity index (χ2n) is 7.70. The SMILES string of the molecule is COc1cccc(Oc2ccc(CNC(=O)[C@@]34CCCC[C@H]3CNC4)cn2)c1. The molecule has 6 heteroatoms. The van der Waals surface area contributed by atoms with Gasteiger partial charge in [0.1, 0.15) is 11.5 Å². The minimum atomic E-state index is -0.221. The fourth-order valence-electron chi connectivity index (χ4n) is 4.41. The number of rotatable bonds is 6. The van der Waals surface area contributed by atoms with E-state index in [0.29, 0.717) is 24.1 Å². The van der Waals surface area contributed by atoms with Crippen LogP contribution in [0.25, 0.3) is 0 Å². The average Bonchev–Trinajstić information content (AvgIpc) is 3.18. The van der Waals surface area contributed by atoms with Crippen molar-refractivity contribution in [2.24, 2.45) is 11.3 Å². The minimum Gasteiger partial charge on any atom is -0.497 e. The normalized spacial score (nSPS) is 23.7. The first-order valence-electron chi connectivity index (χ1n) is 9.95. The van der Waals surface area contributed by atoms with Crippen molar-refractivity contribution in [2.75, 3.05) is 20.2 Å². The van der Waals surface area contributed by atoms with E-state index in [0.717, 1.165) is 43.7 Å². The summed E-state index contributed by atoms with van der Waals surface area (Å²) in [6, 6.07) is 11.2. The van der Waals surface area contributed by atoms with Gasteiger partial charge in [0.25, 0.3) is 0 Å². The first-order valence-corrected chi connectivity index (χ1v) is 9.95. The van der Waals surface area contributed by atoms with Crippen molar-refractivity contribution >= 4 is 5.91 Å². The molecule has 1 aliphatic carbocycles. The van der Waals surface area contributed by atoms with Gasteiger partial charge in [0.2, 0.25) is 11.8 Å². The van der Waals surface area contributed by atoms with Crippen molar-refractivity contribution in [3.05, 3.63) is 48.2 Å². The highest BCUT2D eigenvalue weighted by molar-refractivity contribution is 5.83. The molecule has 0 unspecified atom stereocenters. The molecule has 1 aliphatic heterocycles. The van der Waals surface area contributed by atoms with Crippen LogP contribution in [0.1, 0.15) is 31.2 Å². The molecule has 2 aromatic rings. The van der Waals surface area contributed by atoms with E-state index in [-0.39, 0.29) is 11.3 Å². The van der Waals surface area contributed by atoms with E-state index < -0.39 is 0 Å². The number of benzene rings is 1. The molecule has 0 spiro atoms. The monoisotopic (exact) mass is 381 g/mol. The van der Waals surface area contributed by atoms with Gasteiger partial charge in [-0.05, 0) is 43.0 Å². The third-order valence-corrected chi connectivity index (χ3v) is 6.00. The largest absolute Gasteiger partial charge is 0.497 e. The van der Waals surface area contributed by atoms with Gasteiger partial charge in [-0.15, -0.1) is 0 Å². The molecular weight excluding hydrogens is 354 g/mol. The first-order chi connectivity index (χ1) is 13.7. The van der Waals surface area contributed by atoms with Crippen LogP contribution in [-0.4, -0.2) is 31.1 Å². The number of nitrogens with zero attached hydrogens (tertiary/aromatic N) is 1. The van der Waals surface area contributed by atoms with Crippen LogP contribution in [0.5, 0.6) is 17.4 Å². The zero-order valence-electron chi connectivity index (χ0n) is 16.2. The van der Waals surface area contributed by atoms with E-state index in [1.807, 2.05) is 36.4 Å². The molecule has 1 amide bonds. The van der Waals surface area contributed by atoms with Crippen LogP contribution in [0.3, 0.4) is 0 Å². The third-order valence-electron chi connectivity index (χ3n) is 6.00. The van der Waals surface area contributed by atoms with Crippen molar-refractivity contribution in [3.8, 4) is 17.4 Å². The Hall–Kier alpha value is -2.60. The lowest BCUT2D eigenvalue weighted by atomic mass is 9.67. The average molecular weight is 381 g/mol. The number of carbonyl (C=O) groups excluding carboxylic acids is 1. The molecule has 1 aromatic carbocycles. The Kier molecular flexibility index (Phi) is 5.48. The predicted molar refractivity (Wildman–Crippen MR) is 106 cm³/mol. The molecule has 4 rings (SSSR count). The Morgan fingerprint density at radius 2 is 2.18 bits per heavy atom. The molecule has 0 bridgehead atoms. The molecule has 148 valence electrons. The number of methoxy groups -OCH3 is 1. The minimum absolute atomic E-state index is 0.180. The highest BCUT2D eigenvalue weighted by Gasteiger charge is 2.49. The Morgan fingerprint density at radius 1 is 1.29 bits per heavy atom. The van der Waals surface area contributed by atoms with Crippen molar-refractivity contribution in [2.45, 2.75) is 32.2 Å². The summed E-state index contributed by atoms with van der Waals surface area (Å²) in [6.45, 7) is 2.25. The molecule has 1 saturated carbocycles. The number of ether oxygens (including phenoxy) is 2. The summed E-state index contributed by atoms with van der Waals surface area (Å²) < 4.78 is 11.0. The van der Waals surface area contributed by atoms with Crippen LogP contribution in [0.4, 0.5) is 0 Å². The third kappa shape index (κ3) is 3.83. The van der Waals surface area contributed by atoms with Crippen molar-refractivity contribution in [1.82, 2.24) is 15.6 Å². The zero-order chi connectivity index (χ0) is 19.4. The topological polar surface area (TPSA) is 72.5 Å². The highest BCUT2D eigenvalue weighted by atomic mass is 16.5. The fraction of sp³-hybridized carbons (Fsp3) is 0.455. The maximum atomic E-state index is 12.9. The highest BCUT2D eigenvalue weighted by Crippen LogP contribution is 2.43. The van der Waals surface area contributed by atoms with Gasteiger partial charge in [-0.1, -0.05) is 25.0 Å². The van der Waals surface area contributed by atoms with Crippen LogP contribution in [-0.2, 0) is 11.3 Å². The summed E-state index contributed by atoms with van der Waals surface area (Å²) >= 11 is 0. The Labute approximate surface area is 165 Å². The summed E-state index contributed by atoms with van der Waals surface area (Å²) in [5.41, 5.74) is 0.738. The Balaban J connectivity index is 1.35. The zero-order valence-corrected chi connectivity index (χ0v) is 16.2. The van der Waals surface area contributed by atoms with Crippen molar-refractivity contribution in [3.63, 3.8) is 0 Å². The van der Waals surface area contributed by atoms with Crippen LogP contribution >= 0.6 is 0 Å².